The van der Waals surface area contributed by atoms with Gasteiger partial charge in [-0.2, -0.15) is 8.78 Å². The number of ether oxygens (including phenoxy) is 1. The zero-order valence-electron chi connectivity index (χ0n) is 16.2. The van der Waals surface area contributed by atoms with Crippen LogP contribution in [0.1, 0.15) is 10.4 Å². The average molecular weight is 499 g/mol. The van der Waals surface area contributed by atoms with Crippen molar-refractivity contribution in [3.63, 3.8) is 0 Å². The second-order valence-corrected chi connectivity index (χ2v) is 9.97. The van der Waals surface area contributed by atoms with Crippen LogP contribution >= 0.6 is 23.1 Å². The van der Waals surface area contributed by atoms with Crippen molar-refractivity contribution in [2.24, 2.45) is 0 Å². The summed E-state index contributed by atoms with van der Waals surface area (Å²) in [7, 11) is -3.89. The molecule has 0 saturated heterocycles. The molecule has 0 spiro atoms. The lowest BCUT2D eigenvalue weighted by Gasteiger charge is -2.12. The van der Waals surface area contributed by atoms with Crippen molar-refractivity contribution in [1.29, 1.82) is 0 Å². The molecule has 2 aromatic carbocycles. The van der Waals surface area contributed by atoms with Crippen LogP contribution in [0.5, 0.6) is 0 Å². The molecule has 0 aliphatic carbocycles. The molecule has 3 aromatic rings. The Morgan fingerprint density at radius 2 is 1.69 bits per heavy atom. The van der Waals surface area contributed by atoms with Crippen molar-refractivity contribution in [2.45, 2.75) is 14.9 Å². The SMILES string of the molecule is O=C(COC(=O)c1ccccc1NS(=O)(=O)c1cccs1)Nc1ccccc1SC(F)F. The number of sulfonamides is 1. The number of halogens is 2. The van der Waals surface area contributed by atoms with E-state index in [1.54, 1.807) is 23.6 Å². The Morgan fingerprint density at radius 3 is 2.38 bits per heavy atom. The van der Waals surface area contributed by atoms with Gasteiger partial charge in [0.25, 0.3) is 21.7 Å². The minimum Gasteiger partial charge on any atom is -0.452 e. The molecule has 0 radical (unpaired) electrons. The van der Waals surface area contributed by atoms with Gasteiger partial charge in [0, 0.05) is 4.90 Å². The molecule has 0 aliphatic heterocycles. The first-order valence-electron chi connectivity index (χ1n) is 8.92. The van der Waals surface area contributed by atoms with E-state index in [4.69, 9.17) is 4.74 Å². The first-order chi connectivity index (χ1) is 15.3. The van der Waals surface area contributed by atoms with Gasteiger partial charge in [-0.25, -0.2) is 13.2 Å². The van der Waals surface area contributed by atoms with Gasteiger partial charge in [-0.1, -0.05) is 42.1 Å². The summed E-state index contributed by atoms with van der Waals surface area (Å²) < 4.78 is 57.6. The Balaban J connectivity index is 1.66. The van der Waals surface area contributed by atoms with Crippen LogP contribution in [-0.4, -0.2) is 32.7 Å². The highest BCUT2D eigenvalue weighted by Crippen LogP contribution is 2.31. The van der Waals surface area contributed by atoms with Crippen LogP contribution in [0, 0.1) is 0 Å². The molecule has 0 saturated carbocycles. The zero-order chi connectivity index (χ0) is 23.1. The molecule has 168 valence electrons. The molecule has 1 aromatic heterocycles. The maximum absolute atomic E-state index is 12.7. The summed E-state index contributed by atoms with van der Waals surface area (Å²) in [5.74, 6) is -4.34. The van der Waals surface area contributed by atoms with E-state index in [2.05, 4.69) is 10.0 Å². The first kappa shape index (κ1) is 23.7. The topological polar surface area (TPSA) is 102 Å². The number of rotatable bonds is 9. The Kier molecular flexibility index (Phi) is 7.83. The molecule has 0 fully saturated rings. The van der Waals surface area contributed by atoms with Gasteiger partial charge in [0.1, 0.15) is 4.21 Å². The van der Waals surface area contributed by atoms with Gasteiger partial charge < -0.3 is 10.1 Å². The largest absolute Gasteiger partial charge is 0.452 e. The predicted molar refractivity (Wildman–Crippen MR) is 119 cm³/mol. The fourth-order valence-electron chi connectivity index (χ4n) is 2.53. The third-order valence-electron chi connectivity index (χ3n) is 3.86. The molecule has 32 heavy (non-hydrogen) atoms. The lowest BCUT2D eigenvalue weighted by molar-refractivity contribution is -0.119. The van der Waals surface area contributed by atoms with Crippen LogP contribution in [0.3, 0.4) is 0 Å². The third kappa shape index (κ3) is 6.28. The number of thioether (sulfide) groups is 1. The Morgan fingerprint density at radius 1 is 1.00 bits per heavy atom. The van der Waals surface area contributed by atoms with Crippen LogP contribution in [-0.2, 0) is 19.6 Å². The summed E-state index contributed by atoms with van der Waals surface area (Å²) in [6.07, 6.45) is 0. The number of carbonyl (C=O) groups excluding carboxylic acids is 2. The van der Waals surface area contributed by atoms with Crippen molar-refractivity contribution in [3.8, 4) is 0 Å². The summed E-state index contributed by atoms with van der Waals surface area (Å²) in [6.45, 7) is -0.696. The Labute approximate surface area is 190 Å². The molecule has 2 N–H and O–H groups in total. The van der Waals surface area contributed by atoms with E-state index in [1.165, 1.54) is 42.5 Å². The van der Waals surface area contributed by atoms with Gasteiger partial charge >= 0.3 is 5.97 Å². The van der Waals surface area contributed by atoms with Gasteiger partial charge in [-0.15, -0.1) is 11.3 Å². The summed E-state index contributed by atoms with van der Waals surface area (Å²) in [6, 6.07) is 14.8. The van der Waals surface area contributed by atoms with Crippen LogP contribution in [0.4, 0.5) is 20.2 Å². The van der Waals surface area contributed by atoms with Crippen molar-refractivity contribution in [3.05, 3.63) is 71.6 Å². The number of benzene rings is 2. The van der Waals surface area contributed by atoms with Gasteiger partial charge in [-0.3, -0.25) is 9.52 Å². The fraction of sp³-hybridized carbons (Fsp3) is 0.100. The van der Waals surface area contributed by atoms with Crippen LogP contribution in [0.2, 0.25) is 0 Å². The number of hydrogen-bond acceptors (Lipinski definition) is 7. The number of thiophene rings is 1. The van der Waals surface area contributed by atoms with Crippen molar-refractivity contribution in [1.82, 2.24) is 0 Å². The van der Waals surface area contributed by atoms with Gasteiger partial charge in [-0.05, 0) is 35.7 Å². The highest BCUT2D eigenvalue weighted by molar-refractivity contribution is 7.99. The number of anilines is 2. The number of carbonyl (C=O) groups is 2. The lowest BCUT2D eigenvalue weighted by Crippen LogP contribution is -2.22. The zero-order valence-corrected chi connectivity index (χ0v) is 18.6. The number of alkyl halides is 2. The van der Waals surface area contributed by atoms with E-state index in [1.807, 2.05) is 0 Å². The highest BCUT2D eigenvalue weighted by Gasteiger charge is 2.21. The number of esters is 1. The fourth-order valence-corrected chi connectivity index (χ4v) is 5.19. The number of para-hydroxylation sites is 2. The molecule has 1 amide bonds. The molecular weight excluding hydrogens is 482 g/mol. The van der Waals surface area contributed by atoms with Crippen molar-refractivity contribution in [2.75, 3.05) is 16.6 Å². The van der Waals surface area contributed by atoms with Gasteiger partial charge in [0.2, 0.25) is 0 Å². The van der Waals surface area contributed by atoms with E-state index in [9.17, 15) is 26.8 Å². The van der Waals surface area contributed by atoms with E-state index in [0.717, 1.165) is 11.3 Å². The molecule has 3 rings (SSSR count). The molecule has 0 aliphatic rings. The minimum atomic E-state index is -3.89. The molecular formula is C20H16F2N2O5S3. The number of amides is 1. The average Bonchev–Trinajstić information content (AvgIpc) is 3.29. The normalized spacial score (nSPS) is 11.2. The number of nitrogens with one attached hydrogen (secondary N) is 2. The summed E-state index contributed by atoms with van der Waals surface area (Å²) >= 11 is 1.29. The smallest absolute Gasteiger partial charge is 0.340 e. The maximum atomic E-state index is 12.7. The highest BCUT2D eigenvalue weighted by atomic mass is 32.2. The third-order valence-corrected chi connectivity index (χ3v) is 7.41. The molecule has 0 bridgehead atoms. The molecule has 0 atom stereocenters. The van der Waals surface area contributed by atoms with Crippen molar-refractivity contribution >= 4 is 56.4 Å². The Bertz CT molecular complexity index is 1200. The lowest BCUT2D eigenvalue weighted by atomic mass is 10.2. The summed E-state index contributed by atoms with van der Waals surface area (Å²) in [5, 5.41) is 4.02. The maximum Gasteiger partial charge on any atom is 0.340 e. The van der Waals surface area contributed by atoms with E-state index >= 15 is 0 Å². The van der Waals surface area contributed by atoms with Gasteiger partial charge in [0.05, 0.1) is 16.9 Å². The van der Waals surface area contributed by atoms with Crippen LogP contribution in [0.25, 0.3) is 0 Å². The standard InChI is InChI=1S/C20H16F2N2O5S3/c21-20(22)31-16-9-4-3-8-15(16)23-17(25)12-29-19(26)13-6-1-2-7-14(13)24-32(27,28)18-10-5-11-30-18/h1-11,20,24H,12H2,(H,23,25). The molecule has 0 unspecified atom stereocenters. The van der Waals surface area contributed by atoms with E-state index < -0.39 is 34.3 Å². The second-order valence-electron chi connectivity index (χ2n) is 6.08. The molecule has 12 heteroatoms. The monoisotopic (exact) mass is 498 g/mol. The second kappa shape index (κ2) is 10.6. The Hall–Kier alpha value is -2.96. The summed E-state index contributed by atoms with van der Waals surface area (Å²) in [5.41, 5.74) is 0.0574. The van der Waals surface area contributed by atoms with E-state index in [0.29, 0.717) is 0 Å². The van der Waals surface area contributed by atoms with Crippen LogP contribution < -0.4 is 10.0 Å². The number of hydrogen-bond donors (Lipinski definition) is 2. The predicted octanol–water partition coefficient (Wildman–Crippen LogP) is 4.66. The van der Waals surface area contributed by atoms with Crippen LogP contribution in [0.15, 0.2) is 75.1 Å². The first-order valence-corrected chi connectivity index (χ1v) is 12.2. The van der Waals surface area contributed by atoms with E-state index in [-0.39, 0.29) is 37.8 Å². The van der Waals surface area contributed by atoms with Gasteiger partial charge in [0.15, 0.2) is 6.61 Å². The molecule has 1 heterocycles. The summed E-state index contributed by atoms with van der Waals surface area (Å²) in [4.78, 5) is 24.8. The quantitative estimate of drug-likeness (QED) is 0.329. The van der Waals surface area contributed by atoms with Crippen molar-refractivity contribution < 1.29 is 31.5 Å². The molecule has 7 nitrogen and oxygen atoms in total. The minimum absolute atomic E-state index is 0.00927.